The van der Waals surface area contributed by atoms with Crippen LogP contribution in [-0.4, -0.2) is 11.3 Å². The molecule has 0 N–H and O–H groups in total. The minimum atomic E-state index is 0. The molecule has 2 aromatic rings. The monoisotopic (exact) mass is 337 g/mol. The Morgan fingerprint density at radius 3 is 2.00 bits per heavy atom. The van der Waals surface area contributed by atoms with Crippen LogP contribution in [0.15, 0.2) is 36.4 Å². The Labute approximate surface area is 133 Å². The molecule has 0 saturated heterocycles. The Hall–Kier alpha value is 0.143. The second-order valence-corrected chi connectivity index (χ2v) is 7.78. The third kappa shape index (κ3) is 6.91. The van der Waals surface area contributed by atoms with Gasteiger partial charge in [-0.05, 0) is 11.3 Å². The third-order valence-corrected chi connectivity index (χ3v) is 3.76. The summed E-state index contributed by atoms with van der Waals surface area (Å²) in [6.07, 6.45) is 0. The average molecular weight is 339 g/mol. The van der Waals surface area contributed by atoms with Gasteiger partial charge < -0.3 is 0 Å². The van der Waals surface area contributed by atoms with E-state index >= 15 is 0 Å². The summed E-state index contributed by atoms with van der Waals surface area (Å²) >= 11 is 0. The van der Waals surface area contributed by atoms with Crippen molar-refractivity contribution in [3.63, 3.8) is 0 Å². The SMILES string of the molecule is CC(C)PC(C)C.Cc1cc2ccccc2[cH-]1.[Zr]. The molecule has 0 amide bonds. The number of fused-ring (bicyclic) bond motifs is 1. The Kier molecular flexibility index (Phi) is 9.18. The first-order valence-corrected chi connectivity index (χ1v) is 7.52. The molecule has 0 heterocycles. The zero-order valence-electron chi connectivity index (χ0n) is 12.1. The van der Waals surface area contributed by atoms with E-state index in [0.29, 0.717) is 0 Å². The molecule has 0 nitrogen and oxygen atoms in total. The van der Waals surface area contributed by atoms with E-state index in [0.717, 1.165) is 19.9 Å². The van der Waals surface area contributed by atoms with Crippen molar-refractivity contribution in [2.24, 2.45) is 0 Å². The fourth-order valence-corrected chi connectivity index (χ4v) is 3.31. The second kappa shape index (κ2) is 9.11. The van der Waals surface area contributed by atoms with Crippen molar-refractivity contribution >= 4 is 19.4 Å². The summed E-state index contributed by atoms with van der Waals surface area (Å²) in [5.41, 5.74) is 3.15. The van der Waals surface area contributed by atoms with E-state index in [2.05, 4.69) is 71.0 Å². The summed E-state index contributed by atoms with van der Waals surface area (Å²) in [6, 6.07) is 12.8. The summed E-state index contributed by atoms with van der Waals surface area (Å²) in [7, 11) is 1.15. The number of hydrogen-bond acceptors (Lipinski definition) is 0. The molecule has 2 heteroatoms. The maximum absolute atomic E-state index is 2.28. The van der Waals surface area contributed by atoms with Crippen molar-refractivity contribution in [2.45, 2.75) is 45.9 Å². The minimum absolute atomic E-state index is 0. The Balaban J connectivity index is 0.000000326. The van der Waals surface area contributed by atoms with Crippen LogP contribution in [0.25, 0.3) is 10.8 Å². The van der Waals surface area contributed by atoms with E-state index in [9.17, 15) is 0 Å². The molecular weight excluding hydrogens is 314 g/mol. The molecule has 0 fully saturated rings. The number of rotatable bonds is 2. The van der Waals surface area contributed by atoms with E-state index in [-0.39, 0.29) is 26.2 Å². The van der Waals surface area contributed by atoms with Crippen molar-refractivity contribution in [2.75, 3.05) is 0 Å². The number of aryl methyl sites for hydroxylation is 1. The van der Waals surface area contributed by atoms with Gasteiger partial charge in [0.15, 0.2) is 0 Å². The molecular formula is C16H24PZr-. The van der Waals surface area contributed by atoms with Crippen LogP contribution in [0.2, 0.25) is 0 Å². The molecule has 0 aliphatic heterocycles. The van der Waals surface area contributed by atoms with E-state index in [4.69, 9.17) is 0 Å². The fraction of sp³-hybridized carbons (Fsp3) is 0.438. The zero-order valence-corrected chi connectivity index (χ0v) is 15.6. The van der Waals surface area contributed by atoms with E-state index in [1.54, 1.807) is 0 Å². The van der Waals surface area contributed by atoms with Crippen LogP contribution in [0.5, 0.6) is 0 Å². The quantitative estimate of drug-likeness (QED) is 0.512. The Morgan fingerprint density at radius 1 is 1.00 bits per heavy atom. The molecule has 0 saturated carbocycles. The van der Waals surface area contributed by atoms with Gasteiger partial charge in [-0.25, -0.2) is 0 Å². The third-order valence-electron chi connectivity index (χ3n) is 2.43. The summed E-state index contributed by atoms with van der Waals surface area (Å²) in [6.45, 7) is 11.2. The molecule has 0 bridgehead atoms. The van der Waals surface area contributed by atoms with Gasteiger partial charge in [0, 0.05) is 26.2 Å². The Morgan fingerprint density at radius 2 is 1.56 bits per heavy atom. The van der Waals surface area contributed by atoms with Gasteiger partial charge in [-0.3, -0.25) is 0 Å². The number of hydrogen-bond donors (Lipinski definition) is 0. The smallest absolute Gasteiger partial charge is 0 e. The molecule has 0 atom stereocenters. The van der Waals surface area contributed by atoms with E-state index in [1.165, 1.54) is 16.3 Å². The van der Waals surface area contributed by atoms with Crippen LogP contribution in [0.1, 0.15) is 33.3 Å². The van der Waals surface area contributed by atoms with Gasteiger partial charge in [0.1, 0.15) is 0 Å². The normalized spacial score (nSPS) is 10.2. The summed E-state index contributed by atoms with van der Waals surface area (Å²) in [5, 5.41) is 2.69. The average Bonchev–Trinajstić information content (AvgIpc) is 2.56. The molecule has 0 unspecified atom stereocenters. The van der Waals surface area contributed by atoms with Gasteiger partial charge in [0.25, 0.3) is 0 Å². The predicted molar refractivity (Wildman–Crippen MR) is 82.9 cm³/mol. The van der Waals surface area contributed by atoms with E-state index in [1.807, 2.05) is 0 Å². The van der Waals surface area contributed by atoms with Crippen LogP contribution >= 0.6 is 8.58 Å². The topological polar surface area (TPSA) is 0 Å². The molecule has 0 radical (unpaired) electrons. The molecule has 18 heavy (non-hydrogen) atoms. The second-order valence-electron chi connectivity index (χ2n) is 5.14. The summed E-state index contributed by atoms with van der Waals surface area (Å²) in [5.74, 6) is 0. The maximum atomic E-state index is 2.28. The first-order chi connectivity index (χ1) is 7.99. The van der Waals surface area contributed by atoms with Crippen LogP contribution in [0.3, 0.4) is 0 Å². The number of benzene rings is 1. The van der Waals surface area contributed by atoms with Gasteiger partial charge in [-0.1, -0.05) is 40.7 Å². The molecule has 2 rings (SSSR count). The molecule has 98 valence electrons. The van der Waals surface area contributed by atoms with Crippen molar-refractivity contribution < 1.29 is 26.2 Å². The van der Waals surface area contributed by atoms with Crippen molar-refractivity contribution in [1.82, 2.24) is 0 Å². The van der Waals surface area contributed by atoms with Crippen molar-refractivity contribution in [3.05, 3.63) is 42.0 Å². The van der Waals surface area contributed by atoms with Gasteiger partial charge >= 0.3 is 0 Å². The summed E-state index contributed by atoms with van der Waals surface area (Å²) < 4.78 is 0. The van der Waals surface area contributed by atoms with Crippen LogP contribution in [0.4, 0.5) is 0 Å². The van der Waals surface area contributed by atoms with Crippen molar-refractivity contribution in [1.29, 1.82) is 0 Å². The summed E-state index contributed by atoms with van der Waals surface area (Å²) in [4.78, 5) is 0. The zero-order chi connectivity index (χ0) is 12.8. The first kappa shape index (κ1) is 18.1. The standard InChI is InChI=1S/C10H9.C6H15P.Zr/c1-8-6-9-4-2-3-5-10(9)7-8;1-5(2)7-6(3)4;/h2-7H,1H3;5-7H,1-4H3;/q-1;;. The predicted octanol–water partition coefficient (Wildman–Crippen LogP) is 5.35. The van der Waals surface area contributed by atoms with Crippen molar-refractivity contribution in [3.8, 4) is 0 Å². The molecule has 0 aromatic heterocycles. The van der Waals surface area contributed by atoms with Gasteiger partial charge in [-0.2, -0.15) is 6.07 Å². The van der Waals surface area contributed by atoms with Gasteiger partial charge in [-0.15, -0.1) is 49.2 Å². The van der Waals surface area contributed by atoms with Crippen LogP contribution in [0, 0.1) is 6.92 Å². The Bertz CT molecular complexity index is 404. The molecule has 0 aliphatic rings. The van der Waals surface area contributed by atoms with Crippen LogP contribution in [-0.2, 0) is 26.2 Å². The first-order valence-electron chi connectivity index (χ1n) is 6.37. The van der Waals surface area contributed by atoms with E-state index < -0.39 is 0 Å². The molecule has 0 aliphatic carbocycles. The largest absolute Gasteiger partial charge is 0.165 e. The maximum Gasteiger partial charge on any atom is 0 e. The van der Waals surface area contributed by atoms with Gasteiger partial charge in [0.05, 0.1) is 0 Å². The minimum Gasteiger partial charge on any atom is -0.165 e. The molecule has 2 aromatic carbocycles. The van der Waals surface area contributed by atoms with Gasteiger partial charge in [0.2, 0.25) is 0 Å². The van der Waals surface area contributed by atoms with Crippen LogP contribution < -0.4 is 0 Å². The molecule has 0 spiro atoms. The fourth-order valence-electron chi connectivity index (χ4n) is 1.97.